The molecule has 142 valence electrons. The van der Waals surface area contributed by atoms with E-state index in [-0.39, 0.29) is 0 Å². The standard InChI is InChI=1S/C20H25Br2O3P/c21-19-11-7-17(8-12-19)5-1-3-15-24-26(23)25-16-4-2-6-18-9-13-20(22)14-10-18/h7-14,26H,1-6,15-16H2. The molecule has 0 radical (unpaired) electrons. The minimum absolute atomic E-state index is 0.493. The third-order valence-corrected chi connectivity index (χ3v) is 5.92. The summed E-state index contributed by atoms with van der Waals surface area (Å²) in [5.41, 5.74) is 2.62. The number of halogens is 2. The summed E-state index contributed by atoms with van der Waals surface area (Å²) in [5, 5.41) is 0. The first kappa shape index (κ1) is 21.8. The Kier molecular flexibility index (Phi) is 10.8. The Morgan fingerprint density at radius 3 is 1.42 bits per heavy atom. The van der Waals surface area contributed by atoms with Gasteiger partial charge in [0.2, 0.25) is 0 Å². The summed E-state index contributed by atoms with van der Waals surface area (Å²) in [7, 11) is -2.35. The van der Waals surface area contributed by atoms with Crippen LogP contribution in [0.5, 0.6) is 0 Å². The molecule has 2 aromatic rings. The van der Waals surface area contributed by atoms with E-state index in [0.29, 0.717) is 13.2 Å². The minimum Gasteiger partial charge on any atom is -0.311 e. The highest BCUT2D eigenvalue weighted by molar-refractivity contribution is 9.10. The molecule has 0 spiro atoms. The highest BCUT2D eigenvalue weighted by Crippen LogP contribution is 2.25. The zero-order valence-electron chi connectivity index (χ0n) is 14.8. The van der Waals surface area contributed by atoms with E-state index in [1.54, 1.807) is 0 Å². The van der Waals surface area contributed by atoms with Gasteiger partial charge in [-0.25, -0.2) is 0 Å². The Bertz CT molecular complexity index is 602. The molecule has 0 saturated heterocycles. The number of unbranched alkanes of at least 4 members (excludes halogenated alkanes) is 2. The van der Waals surface area contributed by atoms with E-state index in [4.69, 9.17) is 9.05 Å². The van der Waals surface area contributed by atoms with Crippen LogP contribution in [0.15, 0.2) is 57.5 Å². The number of hydrogen-bond donors (Lipinski definition) is 0. The smallest absolute Gasteiger partial charge is 0.311 e. The fraction of sp³-hybridized carbons (Fsp3) is 0.400. The average Bonchev–Trinajstić information content (AvgIpc) is 2.64. The van der Waals surface area contributed by atoms with Crippen molar-refractivity contribution >= 4 is 40.1 Å². The third kappa shape index (κ3) is 9.48. The molecule has 0 heterocycles. The Morgan fingerprint density at radius 2 is 1.04 bits per heavy atom. The summed E-state index contributed by atoms with van der Waals surface area (Å²) in [6.07, 6.45) is 5.83. The van der Waals surface area contributed by atoms with E-state index < -0.39 is 8.25 Å². The molecule has 2 aromatic carbocycles. The molecule has 0 fully saturated rings. The fourth-order valence-electron chi connectivity index (χ4n) is 2.52. The number of hydrogen-bond acceptors (Lipinski definition) is 3. The lowest BCUT2D eigenvalue weighted by Gasteiger charge is -2.06. The maximum Gasteiger partial charge on any atom is 0.319 e. The molecule has 0 saturated carbocycles. The van der Waals surface area contributed by atoms with Gasteiger partial charge in [0, 0.05) is 8.95 Å². The highest BCUT2D eigenvalue weighted by atomic mass is 79.9. The highest BCUT2D eigenvalue weighted by Gasteiger charge is 2.01. The predicted molar refractivity (Wildman–Crippen MR) is 115 cm³/mol. The van der Waals surface area contributed by atoms with Crippen LogP contribution in [0.25, 0.3) is 0 Å². The Hall–Kier alpha value is -0.450. The third-order valence-electron chi connectivity index (χ3n) is 3.99. The van der Waals surface area contributed by atoms with E-state index in [0.717, 1.165) is 47.5 Å². The molecule has 0 N–H and O–H groups in total. The number of aryl methyl sites for hydroxylation is 2. The van der Waals surface area contributed by atoms with Gasteiger partial charge < -0.3 is 9.05 Å². The van der Waals surface area contributed by atoms with Crippen LogP contribution in [0.1, 0.15) is 36.8 Å². The lowest BCUT2D eigenvalue weighted by Crippen LogP contribution is -1.94. The van der Waals surface area contributed by atoms with Crippen molar-refractivity contribution in [3.63, 3.8) is 0 Å². The summed E-state index contributed by atoms with van der Waals surface area (Å²) in [4.78, 5) is 0. The SMILES string of the molecule is O=[PH](OCCCCc1ccc(Br)cc1)OCCCCc1ccc(Br)cc1. The Labute approximate surface area is 173 Å². The summed E-state index contributed by atoms with van der Waals surface area (Å²) < 4.78 is 24.5. The van der Waals surface area contributed by atoms with E-state index in [1.807, 2.05) is 0 Å². The van der Waals surface area contributed by atoms with Gasteiger partial charge in [0.05, 0.1) is 13.2 Å². The van der Waals surface area contributed by atoms with Crippen LogP contribution in [-0.4, -0.2) is 13.2 Å². The van der Waals surface area contributed by atoms with Crippen molar-refractivity contribution in [1.29, 1.82) is 0 Å². The zero-order chi connectivity index (χ0) is 18.6. The maximum absolute atomic E-state index is 11.7. The van der Waals surface area contributed by atoms with E-state index in [1.165, 1.54) is 11.1 Å². The second-order valence-electron chi connectivity index (χ2n) is 6.11. The number of rotatable bonds is 12. The van der Waals surface area contributed by atoms with E-state index in [2.05, 4.69) is 80.4 Å². The second kappa shape index (κ2) is 12.9. The minimum atomic E-state index is -2.35. The van der Waals surface area contributed by atoms with Crippen molar-refractivity contribution in [2.24, 2.45) is 0 Å². The first-order valence-corrected chi connectivity index (χ1v) is 11.7. The van der Waals surface area contributed by atoms with Gasteiger partial charge in [0.1, 0.15) is 0 Å². The summed E-state index contributed by atoms with van der Waals surface area (Å²) in [6, 6.07) is 16.7. The molecule has 0 bridgehead atoms. The molecule has 2 rings (SSSR count). The van der Waals surface area contributed by atoms with E-state index in [9.17, 15) is 4.57 Å². The van der Waals surface area contributed by atoms with Crippen molar-refractivity contribution in [1.82, 2.24) is 0 Å². The zero-order valence-corrected chi connectivity index (χ0v) is 18.9. The Morgan fingerprint density at radius 1 is 0.654 bits per heavy atom. The van der Waals surface area contributed by atoms with Gasteiger partial charge in [-0.2, -0.15) is 0 Å². The summed E-state index contributed by atoms with van der Waals surface area (Å²) in [5.74, 6) is 0. The first-order chi connectivity index (χ1) is 12.6. The van der Waals surface area contributed by atoms with Crippen molar-refractivity contribution in [2.45, 2.75) is 38.5 Å². The first-order valence-electron chi connectivity index (χ1n) is 8.92. The Balaban J connectivity index is 1.45. The van der Waals surface area contributed by atoms with Gasteiger partial charge in [-0.15, -0.1) is 0 Å². The van der Waals surface area contributed by atoms with Crippen molar-refractivity contribution in [3.8, 4) is 0 Å². The lowest BCUT2D eigenvalue weighted by atomic mass is 10.1. The largest absolute Gasteiger partial charge is 0.319 e. The second-order valence-corrected chi connectivity index (χ2v) is 9.02. The molecule has 26 heavy (non-hydrogen) atoms. The maximum atomic E-state index is 11.7. The topological polar surface area (TPSA) is 35.5 Å². The predicted octanol–water partition coefficient (Wildman–Crippen LogP) is 6.98. The molecule has 0 amide bonds. The summed E-state index contributed by atoms with van der Waals surface area (Å²) >= 11 is 6.86. The molecule has 0 aliphatic carbocycles. The van der Waals surface area contributed by atoms with Gasteiger partial charge in [0.15, 0.2) is 0 Å². The quantitative estimate of drug-likeness (QED) is 0.231. The molecule has 0 aromatic heterocycles. The van der Waals surface area contributed by atoms with Gasteiger partial charge in [0.25, 0.3) is 0 Å². The average molecular weight is 504 g/mol. The van der Waals surface area contributed by atoms with Gasteiger partial charge in [-0.3, -0.25) is 4.57 Å². The molecule has 3 nitrogen and oxygen atoms in total. The van der Waals surface area contributed by atoms with Crippen LogP contribution in [0.3, 0.4) is 0 Å². The molecule has 0 atom stereocenters. The molecular formula is C20H25Br2O3P. The van der Waals surface area contributed by atoms with Crippen LogP contribution in [0.2, 0.25) is 0 Å². The summed E-state index contributed by atoms with van der Waals surface area (Å²) in [6.45, 7) is 0.987. The van der Waals surface area contributed by atoms with Crippen LogP contribution < -0.4 is 0 Å². The normalized spacial score (nSPS) is 11.2. The van der Waals surface area contributed by atoms with Crippen molar-refractivity contribution < 1.29 is 13.6 Å². The molecular weight excluding hydrogens is 479 g/mol. The lowest BCUT2D eigenvalue weighted by molar-refractivity contribution is 0.219. The molecule has 6 heteroatoms. The number of benzene rings is 2. The van der Waals surface area contributed by atoms with E-state index >= 15 is 0 Å². The van der Waals surface area contributed by atoms with Crippen LogP contribution in [-0.2, 0) is 26.5 Å². The molecule has 0 unspecified atom stereocenters. The monoisotopic (exact) mass is 502 g/mol. The molecule has 0 aliphatic rings. The molecule has 0 aliphatic heterocycles. The van der Waals surface area contributed by atoms with Gasteiger partial charge in [-0.1, -0.05) is 56.1 Å². The van der Waals surface area contributed by atoms with Crippen LogP contribution >= 0.6 is 40.1 Å². The van der Waals surface area contributed by atoms with Crippen molar-refractivity contribution in [3.05, 3.63) is 68.6 Å². The van der Waals surface area contributed by atoms with Crippen LogP contribution in [0, 0.1) is 0 Å². The van der Waals surface area contributed by atoms with Crippen molar-refractivity contribution in [2.75, 3.05) is 13.2 Å². The van der Waals surface area contributed by atoms with Gasteiger partial charge >= 0.3 is 8.25 Å². The van der Waals surface area contributed by atoms with Crippen LogP contribution in [0.4, 0.5) is 0 Å². The van der Waals surface area contributed by atoms with Gasteiger partial charge in [-0.05, 0) is 73.9 Å². The fourth-order valence-corrected chi connectivity index (χ4v) is 3.75.